The minimum absolute atomic E-state index is 0.119. The Morgan fingerprint density at radius 1 is 1.29 bits per heavy atom. The van der Waals surface area contributed by atoms with Gasteiger partial charge in [0, 0.05) is 22.7 Å². The van der Waals surface area contributed by atoms with Crippen molar-refractivity contribution in [2.45, 2.75) is 24.8 Å². The summed E-state index contributed by atoms with van der Waals surface area (Å²) in [5.41, 5.74) is 8.47. The molecule has 2 aromatic rings. The van der Waals surface area contributed by atoms with E-state index in [2.05, 4.69) is 15.1 Å². The van der Waals surface area contributed by atoms with Crippen LogP contribution in [-0.4, -0.2) is 21.0 Å². The molecular weight excluding hydrogens is 291 g/mol. The van der Waals surface area contributed by atoms with Gasteiger partial charge in [-0.05, 0) is 37.6 Å². The highest BCUT2D eigenvalue weighted by Crippen LogP contribution is 2.23. The first-order valence-corrected chi connectivity index (χ1v) is 7.19. The number of aryl methyl sites for hydroxylation is 2. The highest BCUT2D eigenvalue weighted by atomic mass is 32.2. The fraction of sp³-hybridized carbons (Fsp3) is 0.214. The summed E-state index contributed by atoms with van der Waals surface area (Å²) in [6, 6.07) is 6.09. The van der Waals surface area contributed by atoms with Gasteiger partial charge < -0.3 is 10.9 Å². The minimum atomic E-state index is -0.437. The SMILES string of the molecule is Cc1cc(C)nc(SCc2ccc(F)cc2C(N)=NO)n1. The average Bonchev–Trinajstić information content (AvgIpc) is 2.44. The highest BCUT2D eigenvalue weighted by molar-refractivity contribution is 7.98. The third-order valence-corrected chi connectivity index (χ3v) is 3.67. The number of nitrogens with two attached hydrogens (primary N) is 1. The first-order chi connectivity index (χ1) is 9.99. The molecule has 0 radical (unpaired) electrons. The van der Waals surface area contributed by atoms with Crippen molar-refractivity contribution in [2.75, 3.05) is 0 Å². The highest BCUT2D eigenvalue weighted by Gasteiger charge is 2.10. The maximum Gasteiger partial charge on any atom is 0.188 e. The Labute approximate surface area is 126 Å². The Balaban J connectivity index is 2.23. The van der Waals surface area contributed by atoms with Crippen molar-refractivity contribution in [3.05, 3.63) is 52.6 Å². The van der Waals surface area contributed by atoms with Gasteiger partial charge in [-0.2, -0.15) is 0 Å². The van der Waals surface area contributed by atoms with Crippen molar-refractivity contribution in [3.8, 4) is 0 Å². The Morgan fingerprint density at radius 2 is 1.95 bits per heavy atom. The van der Waals surface area contributed by atoms with E-state index in [1.807, 2.05) is 19.9 Å². The molecule has 0 unspecified atom stereocenters. The van der Waals surface area contributed by atoms with E-state index in [-0.39, 0.29) is 5.84 Å². The maximum atomic E-state index is 13.3. The second kappa shape index (κ2) is 6.53. The zero-order valence-corrected chi connectivity index (χ0v) is 12.5. The third kappa shape index (κ3) is 3.91. The van der Waals surface area contributed by atoms with Gasteiger partial charge in [0.1, 0.15) is 5.82 Å². The molecule has 0 bridgehead atoms. The van der Waals surface area contributed by atoms with Crippen molar-refractivity contribution >= 4 is 17.6 Å². The Kier molecular flexibility index (Phi) is 4.74. The van der Waals surface area contributed by atoms with Crippen molar-refractivity contribution in [1.29, 1.82) is 0 Å². The van der Waals surface area contributed by atoms with Gasteiger partial charge >= 0.3 is 0 Å². The van der Waals surface area contributed by atoms with Gasteiger partial charge in [0.05, 0.1) is 0 Å². The number of thioether (sulfide) groups is 1. The molecule has 0 aliphatic heterocycles. The fourth-order valence-corrected chi connectivity index (χ4v) is 2.82. The number of rotatable bonds is 4. The number of nitrogens with zero attached hydrogens (tertiary/aromatic N) is 3. The summed E-state index contributed by atoms with van der Waals surface area (Å²) in [6.07, 6.45) is 0. The smallest absolute Gasteiger partial charge is 0.188 e. The standard InChI is InChI=1S/C14H15FN4OS/c1-8-5-9(2)18-14(17-8)21-7-10-3-4-11(15)6-12(10)13(16)19-20/h3-6,20H,7H2,1-2H3,(H2,16,19). The largest absolute Gasteiger partial charge is 0.409 e. The number of aromatic nitrogens is 2. The van der Waals surface area contributed by atoms with Crippen LogP contribution in [0.4, 0.5) is 4.39 Å². The summed E-state index contributed by atoms with van der Waals surface area (Å²) in [6.45, 7) is 3.80. The molecule has 21 heavy (non-hydrogen) atoms. The van der Waals surface area contributed by atoms with Gasteiger partial charge in [0.25, 0.3) is 0 Å². The molecule has 3 N–H and O–H groups in total. The van der Waals surface area contributed by atoms with E-state index in [0.29, 0.717) is 16.5 Å². The molecule has 2 rings (SSSR count). The zero-order valence-electron chi connectivity index (χ0n) is 11.7. The number of hydrogen-bond acceptors (Lipinski definition) is 5. The molecule has 1 aromatic heterocycles. The van der Waals surface area contributed by atoms with Crippen LogP contribution in [0.2, 0.25) is 0 Å². The lowest BCUT2D eigenvalue weighted by Gasteiger charge is -2.08. The topological polar surface area (TPSA) is 84.4 Å². The van der Waals surface area contributed by atoms with Crippen LogP contribution in [0.25, 0.3) is 0 Å². The Hall–Kier alpha value is -2.15. The van der Waals surface area contributed by atoms with E-state index in [9.17, 15) is 4.39 Å². The number of hydrogen-bond donors (Lipinski definition) is 2. The molecule has 0 saturated carbocycles. The molecule has 1 aromatic carbocycles. The first kappa shape index (κ1) is 15.2. The summed E-state index contributed by atoms with van der Waals surface area (Å²) >= 11 is 1.41. The van der Waals surface area contributed by atoms with Crippen molar-refractivity contribution in [1.82, 2.24) is 9.97 Å². The van der Waals surface area contributed by atoms with E-state index in [0.717, 1.165) is 17.0 Å². The van der Waals surface area contributed by atoms with Crippen LogP contribution < -0.4 is 5.73 Å². The molecule has 0 aliphatic carbocycles. The fourth-order valence-electron chi connectivity index (χ4n) is 1.87. The molecular formula is C14H15FN4OS. The molecule has 7 heteroatoms. The Bertz CT molecular complexity index is 670. The summed E-state index contributed by atoms with van der Waals surface area (Å²) in [5, 5.41) is 12.3. The van der Waals surface area contributed by atoms with Gasteiger partial charge in [-0.15, -0.1) is 0 Å². The molecule has 1 heterocycles. The van der Waals surface area contributed by atoms with Crippen LogP contribution in [0, 0.1) is 19.7 Å². The molecule has 0 saturated heterocycles. The summed E-state index contributed by atoms with van der Waals surface area (Å²) in [7, 11) is 0. The van der Waals surface area contributed by atoms with Crippen LogP contribution in [0.1, 0.15) is 22.5 Å². The maximum absolute atomic E-state index is 13.3. The molecule has 0 fully saturated rings. The number of oxime groups is 1. The number of halogens is 1. The van der Waals surface area contributed by atoms with Gasteiger partial charge in [0.15, 0.2) is 11.0 Å². The van der Waals surface area contributed by atoms with Crippen molar-refractivity contribution in [2.24, 2.45) is 10.9 Å². The molecule has 110 valence electrons. The van der Waals surface area contributed by atoms with Gasteiger partial charge in [-0.3, -0.25) is 0 Å². The predicted molar refractivity (Wildman–Crippen MR) is 80.0 cm³/mol. The first-order valence-electron chi connectivity index (χ1n) is 6.21. The lowest BCUT2D eigenvalue weighted by Crippen LogP contribution is -2.15. The van der Waals surface area contributed by atoms with E-state index in [1.165, 1.54) is 23.9 Å². The second-order valence-corrected chi connectivity index (χ2v) is 5.45. The third-order valence-electron chi connectivity index (χ3n) is 2.77. The molecule has 0 atom stereocenters. The molecule has 5 nitrogen and oxygen atoms in total. The van der Waals surface area contributed by atoms with Crippen molar-refractivity contribution < 1.29 is 9.60 Å². The van der Waals surface area contributed by atoms with Crippen LogP contribution in [-0.2, 0) is 5.75 Å². The van der Waals surface area contributed by atoms with Gasteiger partial charge in [-0.1, -0.05) is 23.0 Å². The average molecular weight is 306 g/mol. The van der Waals surface area contributed by atoms with Gasteiger partial charge in [-0.25, -0.2) is 14.4 Å². The van der Waals surface area contributed by atoms with Crippen LogP contribution >= 0.6 is 11.8 Å². The van der Waals surface area contributed by atoms with Crippen LogP contribution in [0.15, 0.2) is 34.6 Å². The summed E-state index contributed by atoms with van der Waals surface area (Å²) in [5.74, 6) is -0.0613. The van der Waals surface area contributed by atoms with E-state index >= 15 is 0 Å². The Morgan fingerprint density at radius 3 is 2.57 bits per heavy atom. The lowest BCUT2D eigenvalue weighted by atomic mass is 10.1. The predicted octanol–water partition coefficient (Wildman–Crippen LogP) is 2.62. The van der Waals surface area contributed by atoms with Crippen LogP contribution in [0.5, 0.6) is 0 Å². The van der Waals surface area contributed by atoms with Gasteiger partial charge in [0.2, 0.25) is 0 Å². The zero-order chi connectivity index (χ0) is 15.4. The second-order valence-electron chi connectivity index (χ2n) is 4.51. The molecule has 0 spiro atoms. The summed E-state index contributed by atoms with van der Waals surface area (Å²) < 4.78 is 13.3. The quantitative estimate of drug-likeness (QED) is 0.226. The monoisotopic (exact) mass is 306 g/mol. The summed E-state index contributed by atoms with van der Waals surface area (Å²) in [4.78, 5) is 8.66. The van der Waals surface area contributed by atoms with E-state index in [4.69, 9.17) is 10.9 Å². The molecule has 0 amide bonds. The normalized spacial score (nSPS) is 11.7. The van der Waals surface area contributed by atoms with E-state index < -0.39 is 5.82 Å². The van der Waals surface area contributed by atoms with Crippen molar-refractivity contribution in [3.63, 3.8) is 0 Å². The number of benzene rings is 1. The van der Waals surface area contributed by atoms with E-state index in [1.54, 1.807) is 6.07 Å². The minimum Gasteiger partial charge on any atom is -0.409 e. The number of amidine groups is 1. The van der Waals surface area contributed by atoms with Crippen LogP contribution in [0.3, 0.4) is 0 Å². The molecule has 0 aliphatic rings. The lowest BCUT2D eigenvalue weighted by molar-refractivity contribution is 0.318.